The van der Waals surface area contributed by atoms with Crippen LogP contribution in [0.15, 0.2) is 24.3 Å². The van der Waals surface area contributed by atoms with Gasteiger partial charge < -0.3 is 25.3 Å². The van der Waals surface area contributed by atoms with Crippen molar-refractivity contribution < 1.29 is 24.0 Å². The van der Waals surface area contributed by atoms with Gasteiger partial charge in [-0.3, -0.25) is 24.0 Å². The lowest BCUT2D eigenvalue weighted by atomic mass is 9.99. The van der Waals surface area contributed by atoms with Gasteiger partial charge in [-0.25, -0.2) is 0 Å². The molecule has 2 rings (SSSR count). The molecule has 1 heterocycles. The minimum Gasteiger partial charge on any atom is -0.378 e. The molecule has 0 radical (unpaired) electrons. The summed E-state index contributed by atoms with van der Waals surface area (Å²) in [4.78, 5) is 68.8. The van der Waals surface area contributed by atoms with Crippen molar-refractivity contribution in [2.24, 2.45) is 5.92 Å². The van der Waals surface area contributed by atoms with Crippen LogP contribution in [-0.4, -0.2) is 91.1 Å². The van der Waals surface area contributed by atoms with Crippen LogP contribution in [0.4, 0.5) is 5.69 Å². The number of Topliss-reactive ketones (excluding diaryl/α,β-unsaturated/α-hetero) is 1. The number of hydrogen-bond donors (Lipinski definition) is 2. The van der Waals surface area contributed by atoms with E-state index in [1.54, 1.807) is 24.0 Å². The molecule has 1 aromatic carbocycles. The van der Waals surface area contributed by atoms with E-state index < -0.39 is 12.1 Å². The molecule has 10 nitrogen and oxygen atoms in total. The molecule has 10 heteroatoms. The van der Waals surface area contributed by atoms with Gasteiger partial charge in [0.15, 0.2) is 5.78 Å². The van der Waals surface area contributed by atoms with E-state index in [1.807, 2.05) is 51.9 Å². The molecule has 0 spiro atoms. The molecule has 2 N–H and O–H groups in total. The predicted molar refractivity (Wildman–Crippen MR) is 147 cm³/mol. The van der Waals surface area contributed by atoms with Gasteiger partial charge in [0.05, 0.1) is 12.6 Å². The Balaban J connectivity index is 2.16. The van der Waals surface area contributed by atoms with Crippen molar-refractivity contribution in [1.82, 2.24) is 20.4 Å². The third-order valence-corrected chi connectivity index (χ3v) is 6.85. The zero-order valence-electron chi connectivity index (χ0n) is 23.7. The van der Waals surface area contributed by atoms with E-state index in [9.17, 15) is 24.0 Å². The molecule has 1 fully saturated rings. The summed E-state index contributed by atoms with van der Waals surface area (Å²) in [5.41, 5.74) is 1.41. The molecule has 0 aromatic heterocycles. The number of benzene rings is 1. The van der Waals surface area contributed by atoms with Gasteiger partial charge in [-0.05, 0) is 56.9 Å². The summed E-state index contributed by atoms with van der Waals surface area (Å²) in [6.45, 7) is 9.25. The number of nitrogens with one attached hydrogen (secondary N) is 2. The standard InChI is InChI=1S/C28H43N5O5/c1-18(2)16-24(30-27(37)22-8-10-23(11-9-22)31(6)7)28(38)32-15-13-19(3)33(17-25(35)20(32)4)26(36)12-14-29-21(5)34/h8-11,18-20,24H,12-17H2,1-7H3,(H,29,34)(H,30,37)/t19-,20?,24?/m0/s1. The first-order valence-corrected chi connectivity index (χ1v) is 13.3. The van der Waals surface area contributed by atoms with Crippen LogP contribution in [0.2, 0.25) is 0 Å². The van der Waals surface area contributed by atoms with Crippen molar-refractivity contribution >= 4 is 35.1 Å². The van der Waals surface area contributed by atoms with Crippen molar-refractivity contribution in [3.63, 3.8) is 0 Å². The molecule has 1 saturated heterocycles. The number of anilines is 1. The second-order valence-corrected chi connectivity index (χ2v) is 10.7. The fraction of sp³-hybridized carbons (Fsp3) is 0.607. The SMILES string of the molecule is CC(=O)NCCC(=O)N1CC(=O)C(C)N(C(=O)C(CC(C)C)NC(=O)c2ccc(N(C)C)cc2)CC[C@@H]1C. The third-order valence-electron chi connectivity index (χ3n) is 6.85. The van der Waals surface area contributed by atoms with E-state index in [0.29, 0.717) is 18.4 Å². The van der Waals surface area contributed by atoms with E-state index >= 15 is 0 Å². The zero-order chi connectivity index (χ0) is 28.6. The summed E-state index contributed by atoms with van der Waals surface area (Å²) in [7, 11) is 3.83. The lowest BCUT2D eigenvalue weighted by molar-refractivity contribution is -0.146. The fourth-order valence-electron chi connectivity index (χ4n) is 4.47. The van der Waals surface area contributed by atoms with Crippen molar-refractivity contribution in [2.45, 2.75) is 72.0 Å². The molecule has 38 heavy (non-hydrogen) atoms. The van der Waals surface area contributed by atoms with Gasteiger partial charge in [0.2, 0.25) is 17.7 Å². The van der Waals surface area contributed by atoms with Crippen LogP contribution in [0.3, 0.4) is 0 Å². The van der Waals surface area contributed by atoms with Gasteiger partial charge >= 0.3 is 0 Å². The number of ketones is 1. The lowest BCUT2D eigenvalue weighted by Gasteiger charge is -2.39. The van der Waals surface area contributed by atoms with Gasteiger partial charge in [-0.2, -0.15) is 0 Å². The van der Waals surface area contributed by atoms with E-state index in [-0.39, 0.29) is 67.4 Å². The summed E-state index contributed by atoms with van der Waals surface area (Å²) in [6.07, 6.45) is 1.02. The Bertz CT molecular complexity index is 1010. The molecule has 4 amide bonds. The molecule has 0 bridgehead atoms. The summed E-state index contributed by atoms with van der Waals surface area (Å²) < 4.78 is 0. The quantitative estimate of drug-likeness (QED) is 0.504. The third kappa shape index (κ3) is 8.56. The fourth-order valence-corrected chi connectivity index (χ4v) is 4.47. The Kier molecular flexibility index (Phi) is 11.3. The summed E-state index contributed by atoms with van der Waals surface area (Å²) in [6, 6.07) is 5.35. The minimum atomic E-state index is -0.781. The number of amides is 4. The zero-order valence-corrected chi connectivity index (χ0v) is 23.7. The first kappa shape index (κ1) is 30.8. The maximum Gasteiger partial charge on any atom is 0.251 e. The van der Waals surface area contributed by atoms with Crippen LogP contribution < -0.4 is 15.5 Å². The largest absolute Gasteiger partial charge is 0.378 e. The van der Waals surface area contributed by atoms with Gasteiger partial charge in [0.25, 0.3) is 5.91 Å². The molecule has 0 aliphatic carbocycles. The molecule has 3 atom stereocenters. The Morgan fingerprint density at radius 2 is 1.68 bits per heavy atom. The van der Waals surface area contributed by atoms with E-state index in [4.69, 9.17) is 0 Å². The second-order valence-electron chi connectivity index (χ2n) is 10.7. The van der Waals surface area contributed by atoms with Crippen molar-refractivity contribution in [3.8, 4) is 0 Å². The number of carbonyl (C=O) groups excluding carboxylic acids is 5. The lowest BCUT2D eigenvalue weighted by Crippen LogP contribution is -2.58. The summed E-state index contributed by atoms with van der Waals surface area (Å²) in [5.74, 6) is -1.17. The first-order chi connectivity index (χ1) is 17.8. The van der Waals surface area contributed by atoms with Crippen molar-refractivity contribution in [3.05, 3.63) is 29.8 Å². The highest BCUT2D eigenvalue weighted by atomic mass is 16.2. The van der Waals surface area contributed by atoms with Crippen molar-refractivity contribution in [1.29, 1.82) is 0 Å². The topological polar surface area (TPSA) is 119 Å². The number of nitrogens with zero attached hydrogens (tertiary/aromatic N) is 3. The molecule has 1 aromatic rings. The van der Waals surface area contributed by atoms with Crippen LogP contribution in [0.1, 0.15) is 64.2 Å². The van der Waals surface area contributed by atoms with E-state index in [1.165, 1.54) is 11.8 Å². The molecule has 1 aliphatic heterocycles. The first-order valence-electron chi connectivity index (χ1n) is 13.3. The summed E-state index contributed by atoms with van der Waals surface area (Å²) in [5, 5.41) is 5.50. The van der Waals surface area contributed by atoms with Gasteiger partial charge in [-0.1, -0.05) is 13.8 Å². The highest BCUT2D eigenvalue weighted by molar-refractivity contribution is 5.99. The normalized spacial score (nSPS) is 18.9. The average Bonchev–Trinajstić information content (AvgIpc) is 2.85. The van der Waals surface area contributed by atoms with E-state index in [0.717, 1.165) is 5.69 Å². The second kappa shape index (κ2) is 13.9. The monoisotopic (exact) mass is 529 g/mol. The molecule has 1 aliphatic rings. The van der Waals surface area contributed by atoms with Crippen molar-refractivity contribution in [2.75, 3.05) is 38.6 Å². The minimum absolute atomic E-state index is 0.103. The molecular weight excluding hydrogens is 486 g/mol. The maximum absolute atomic E-state index is 13.7. The Morgan fingerprint density at radius 1 is 1.05 bits per heavy atom. The van der Waals surface area contributed by atoms with Crippen LogP contribution in [0.25, 0.3) is 0 Å². The van der Waals surface area contributed by atoms with E-state index in [2.05, 4.69) is 10.6 Å². The maximum atomic E-state index is 13.7. The molecule has 210 valence electrons. The molecular formula is C28H43N5O5. The van der Waals surface area contributed by atoms with Crippen LogP contribution in [-0.2, 0) is 19.2 Å². The number of hydrogen-bond acceptors (Lipinski definition) is 6. The summed E-state index contributed by atoms with van der Waals surface area (Å²) >= 11 is 0. The predicted octanol–water partition coefficient (Wildman–Crippen LogP) is 1.83. The smallest absolute Gasteiger partial charge is 0.251 e. The molecule has 0 saturated carbocycles. The Hall–Kier alpha value is -3.43. The van der Waals surface area contributed by atoms with Crippen LogP contribution >= 0.6 is 0 Å². The van der Waals surface area contributed by atoms with Gasteiger partial charge in [-0.15, -0.1) is 0 Å². The average molecular weight is 530 g/mol. The molecule has 2 unspecified atom stereocenters. The Morgan fingerprint density at radius 3 is 2.24 bits per heavy atom. The van der Waals surface area contributed by atoms with Gasteiger partial charge in [0, 0.05) is 57.8 Å². The van der Waals surface area contributed by atoms with Crippen LogP contribution in [0, 0.1) is 5.92 Å². The number of rotatable bonds is 9. The highest BCUT2D eigenvalue weighted by Gasteiger charge is 2.36. The van der Waals surface area contributed by atoms with Crippen LogP contribution in [0.5, 0.6) is 0 Å². The number of carbonyl (C=O) groups is 5. The Labute approximate surface area is 226 Å². The van der Waals surface area contributed by atoms with Gasteiger partial charge in [0.1, 0.15) is 6.04 Å². The highest BCUT2D eigenvalue weighted by Crippen LogP contribution is 2.19.